The molecule has 1 heterocycles. The second kappa shape index (κ2) is 8.21. The van der Waals surface area contributed by atoms with Crippen molar-refractivity contribution in [3.63, 3.8) is 0 Å². The molecule has 0 bridgehead atoms. The molecule has 2 aromatic rings. The summed E-state index contributed by atoms with van der Waals surface area (Å²) in [7, 11) is -2.74. The van der Waals surface area contributed by atoms with E-state index in [4.69, 9.17) is 0 Å². The van der Waals surface area contributed by atoms with Crippen molar-refractivity contribution < 1.29 is 9.67 Å². The van der Waals surface area contributed by atoms with Gasteiger partial charge in [0.05, 0.1) is 6.10 Å². The Hall–Kier alpha value is -1.93. The maximum atomic E-state index is 14.3. The van der Waals surface area contributed by atoms with Crippen LogP contribution in [0.3, 0.4) is 0 Å². The molecule has 28 heavy (non-hydrogen) atoms. The molecule has 1 fully saturated rings. The quantitative estimate of drug-likeness (QED) is 0.551. The standard InChI is InChI=1S/C24H28NO2P/c1-2-20(25-17-23(25)24(26)19-11-9-10-12-19)18-28(27,21-13-5-3-6-14-21)22-15-7-4-8-16-22/h3-16,19-20,23-24,26H,2,17-18H2,1H3/t20-,23-,24-,25?/m1/s1. The van der Waals surface area contributed by atoms with Gasteiger partial charge in [0.1, 0.15) is 7.14 Å². The molecular formula is C24H28NO2P. The van der Waals surface area contributed by atoms with E-state index in [9.17, 15) is 9.67 Å². The zero-order valence-electron chi connectivity index (χ0n) is 16.3. The predicted octanol–water partition coefficient (Wildman–Crippen LogP) is 3.57. The summed E-state index contributed by atoms with van der Waals surface area (Å²) in [4.78, 5) is 2.34. The number of aliphatic hydroxyl groups is 1. The van der Waals surface area contributed by atoms with Crippen LogP contribution in [0.5, 0.6) is 0 Å². The molecule has 1 saturated heterocycles. The first-order valence-corrected chi connectivity index (χ1v) is 12.0. The Labute approximate surface area is 167 Å². The summed E-state index contributed by atoms with van der Waals surface area (Å²) in [5.41, 5.74) is 0. The van der Waals surface area contributed by atoms with Gasteiger partial charge in [0.2, 0.25) is 0 Å². The first-order chi connectivity index (χ1) is 13.6. The van der Waals surface area contributed by atoms with E-state index in [0.29, 0.717) is 6.16 Å². The van der Waals surface area contributed by atoms with Crippen molar-refractivity contribution in [3.8, 4) is 0 Å². The average molecular weight is 393 g/mol. The van der Waals surface area contributed by atoms with Gasteiger partial charge in [-0.05, 0) is 6.42 Å². The molecule has 4 rings (SSSR count). The van der Waals surface area contributed by atoms with E-state index >= 15 is 0 Å². The van der Waals surface area contributed by atoms with Gasteiger partial charge >= 0.3 is 0 Å². The molecular weight excluding hydrogens is 365 g/mol. The van der Waals surface area contributed by atoms with Crippen LogP contribution < -0.4 is 10.6 Å². The van der Waals surface area contributed by atoms with Crippen molar-refractivity contribution in [1.82, 2.24) is 4.90 Å². The Balaban J connectivity index is 1.57. The first-order valence-electron chi connectivity index (χ1n) is 10.1. The van der Waals surface area contributed by atoms with E-state index in [2.05, 4.69) is 24.0 Å². The van der Waals surface area contributed by atoms with Crippen molar-refractivity contribution in [2.45, 2.75) is 31.5 Å². The molecule has 0 radical (unpaired) electrons. The highest BCUT2D eigenvalue weighted by atomic mass is 31.2. The lowest BCUT2D eigenvalue weighted by Gasteiger charge is -2.27. The molecule has 1 N–H and O–H groups in total. The number of hydrogen-bond acceptors (Lipinski definition) is 3. The number of benzene rings is 2. The third-order valence-electron chi connectivity index (χ3n) is 6.01. The van der Waals surface area contributed by atoms with Crippen LogP contribution in [0.15, 0.2) is 85.0 Å². The van der Waals surface area contributed by atoms with Crippen LogP contribution in [0, 0.1) is 5.92 Å². The summed E-state index contributed by atoms with van der Waals surface area (Å²) in [5.74, 6) is 0.0996. The van der Waals surface area contributed by atoms with Crippen LogP contribution in [-0.2, 0) is 4.57 Å². The number of aliphatic hydroxyl groups excluding tert-OH is 1. The lowest BCUT2D eigenvalue weighted by Crippen LogP contribution is -2.34. The summed E-state index contributed by atoms with van der Waals surface area (Å²) < 4.78 is 14.3. The molecule has 0 aromatic heterocycles. The SMILES string of the molecule is CC[C@H](CP(=O)(c1ccccc1)c1ccccc1)N1C[C@@H]1[C@H](O)C1C=CC=C1. The summed E-state index contributed by atoms with van der Waals surface area (Å²) in [6, 6.07) is 20.1. The summed E-state index contributed by atoms with van der Waals surface area (Å²) in [6.07, 6.45) is 9.24. The lowest BCUT2D eigenvalue weighted by molar-refractivity contribution is 0.126. The van der Waals surface area contributed by atoms with Gasteiger partial charge in [0.25, 0.3) is 0 Å². The van der Waals surface area contributed by atoms with E-state index in [1.807, 2.05) is 72.8 Å². The minimum atomic E-state index is -2.74. The van der Waals surface area contributed by atoms with Crippen LogP contribution in [0.2, 0.25) is 0 Å². The summed E-state index contributed by atoms with van der Waals surface area (Å²) in [6.45, 7) is 3.03. The average Bonchev–Trinajstić information content (AvgIpc) is 3.35. The van der Waals surface area contributed by atoms with Gasteiger partial charge in [-0.2, -0.15) is 0 Å². The molecule has 2 aromatic carbocycles. The number of rotatable bonds is 8. The van der Waals surface area contributed by atoms with Gasteiger partial charge in [0, 0.05) is 41.3 Å². The van der Waals surface area contributed by atoms with E-state index in [-0.39, 0.29) is 18.0 Å². The first kappa shape index (κ1) is 19.4. The van der Waals surface area contributed by atoms with Crippen molar-refractivity contribution in [2.24, 2.45) is 5.92 Å². The van der Waals surface area contributed by atoms with Gasteiger partial charge in [-0.1, -0.05) is 91.9 Å². The summed E-state index contributed by atoms with van der Waals surface area (Å²) in [5, 5.41) is 12.6. The van der Waals surface area contributed by atoms with E-state index in [1.54, 1.807) is 0 Å². The van der Waals surface area contributed by atoms with Crippen molar-refractivity contribution in [3.05, 3.63) is 85.0 Å². The minimum Gasteiger partial charge on any atom is -0.390 e. The molecule has 3 nitrogen and oxygen atoms in total. The van der Waals surface area contributed by atoms with Crippen LogP contribution >= 0.6 is 7.14 Å². The van der Waals surface area contributed by atoms with Gasteiger partial charge in [0.15, 0.2) is 0 Å². The van der Waals surface area contributed by atoms with Crippen molar-refractivity contribution in [2.75, 3.05) is 12.7 Å². The monoisotopic (exact) mass is 393 g/mol. The van der Waals surface area contributed by atoms with Crippen LogP contribution in [0.25, 0.3) is 0 Å². The Kier molecular flexibility index (Phi) is 5.68. The predicted molar refractivity (Wildman–Crippen MR) is 117 cm³/mol. The zero-order chi connectivity index (χ0) is 19.6. The van der Waals surface area contributed by atoms with E-state index in [0.717, 1.165) is 23.6 Å². The highest BCUT2D eigenvalue weighted by Gasteiger charge is 2.47. The molecule has 4 atom stereocenters. The minimum absolute atomic E-state index is 0.0996. The van der Waals surface area contributed by atoms with Crippen LogP contribution in [-0.4, -0.2) is 40.9 Å². The summed E-state index contributed by atoms with van der Waals surface area (Å²) >= 11 is 0. The molecule has 1 aliphatic carbocycles. The Morgan fingerprint density at radius 1 is 1.00 bits per heavy atom. The molecule has 1 unspecified atom stereocenters. The molecule has 1 aliphatic heterocycles. The maximum absolute atomic E-state index is 14.3. The Morgan fingerprint density at radius 3 is 2.04 bits per heavy atom. The van der Waals surface area contributed by atoms with E-state index < -0.39 is 13.2 Å². The van der Waals surface area contributed by atoms with E-state index in [1.165, 1.54) is 0 Å². The second-order valence-corrected chi connectivity index (χ2v) is 10.6. The van der Waals surface area contributed by atoms with Gasteiger partial charge < -0.3 is 9.67 Å². The number of hydrogen-bond donors (Lipinski definition) is 1. The van der Waals surface area contributed by atoms with Crippen LogP contribution in [0.1, 0.15) is 13.3 Å². The van der Waals surface area contributed by atoms with Crippen LogP contribution in [0.4, 0.5) is 0 Å². The molecule has 146 valence electrons. The Bertz CT molecular complexity index is 838. The zero-order valence-corrected chi connectivity index (χ0v) is 17.2. The maximum Gasteiger partial charge on any atom is 0.144 e. The second-order valence-electron chi connectivity index (χ2n) is 7.76. The van der Waals surface area contributed by atoms with Gasteiger partial charge in [-0.25, -0.2) is 0 Å². The smallest absolute Gasteiger partial charge is 0.144 e. The van der Waals surface area contributed by atoms with Crippen molar-refractivity contribution in [1.29, 1.82) is 0 Å². The lowest BCUT2D eigenvalue weighted by atomic mass is 10.0. The third-order valence-corrected chi connectivity index (χ3v) is 9.21. The Morgan fingerprint density at radius 2 is 1.54 bits per heavy atom. The fourth-order valence-electron chi connectivity index (χ4n) is 4.29. The fraction of sp³-hybridized carbons (Fsp3) is 0.333. The fourth-order valence-corrected chi connectivity index (χ4v) is 7.38. The number of nitrogens with zero attached hydrogens (tertiary/aromatic N) is 1. The number of allylic oxidation sites excluding steroid dienone is 2. The van der Waals surface area contributed by atoms with Gasteiger partial charge in [-0.15, -0.1) is 0 Å². The third kappa shape index (κ3) is 3.80. The highest BCUT2D eigenvalue weighted by Crippen LogP contribution is 2.46. The highest BCUT2D eigenvalue weighted by molar-refractivity contribution is 7.78. The van der Waals surface area contributed by atoms with Crippen molar-refractivity contribution >= 4 is 17.8 Å². The molecule has 0 saturated carbocycles. The molecule has 0 amide bonds. The van der Waals surface area contributed by atoms with Gasteiger partial charge in [-0.3, -0.25) is 4.90 Å². The molecule has 4 heteroatoms. The largest absolute Gasteiger partial charge is 0.390 e. The molecule has 2 aliphatic rings. The normalized spacial score (nSPS) is 23.6. The molecule has 0 spiro atoms. The topological polar surface area (TPSA) is 40.3 Å².